The summed E-state index contributed by atoms with van der Waals surface area (Å²) in [5.41, 5.74) is 1.14. The first-order chi connectivity index (χ1) is 12.1. The summed E-state index contributed by atoms with van der Waals surface area (Å²) in [6, 6.07) is 5.88. The quantitative estimate of drug-likeness (QED) is 0.850. The third-order valence-corrected chi connectivity index (χ3v) is 5.41. The smallest absolute Gasteiger partial charge is 0.222 e. The maximum atomic E-state index is 12.2. The van der Waals surface area contributed by atoms with Gasteiger partial charge in [-0.3, -0.25) is 9.69 Å². The Bertz CT molecular complexity index is 607. The van der Waals surface area contributed by atoms with E-state index in [1.54, 1.807) is 20.3 Å². The van der Waals surface area contributed by atoms with E-state index < -0.39 is 0 Å². The number of carbonyl (C=O) groups excluding carboxylic acids is 1. The fourth-order valence-electron chi connectivity index (χ4n) is 4.13. The molecule has 2 saturated heterocycles. The van der Waals surface area contributed by atoms with Crippen molar-refractivity contribution in [1.82, 2.24) is 9.80 Å². The van der Waals surface area contributed by atoms with Crippen LogP contribution in [0.4, 0.5) is 0 Å². The molecule has 3 rings (SSSR count). The van der Waals surface area contributed by atoms with Gasteiger partial charge in [-0.05, 0) is 36.5 Å². The van der Waals surface area contributed by atoms with Crippen molar-refractivity contribution in [3.8, 4) is 11.5 Å². The number of fused-ring (bicyclic) bond motifs is 1. The van der Waals surface area contributed by atoms with Crippen molar-refractivity contribution in [3.63, 3.8) is 0 Å². The molecule has 138 valence electrons. The molecule has 2 atom stereocenters. The van der Waals surface area contributed by atoms with Gasteiger partial charge in [-0.15, -0.1) is 0 Å². The number of phenolic OH excluding ortho intramolecular Hbond substituents is 1. The Balaban J connectivity index is 1.62. The number of hydrogen-bond donors (Lipinski definition) is 1. The highest BCUT2D eigenvalue weighted by molar-refractivity contribution is 5.77. The van der Waals surface area contributed by atoms with E-state index in [1.165, 1.54) is 0 Å². The number of amides is 1. The fraction of sp³-hybridized carbons (Fsp3) is 0.632. The molecule has 6 heteroatoms. The fourth-order valence-corrected chi connectivity index (χ4v) is 4.13. The monoisotopic (exact) mass is 348 g/mol. The molecule has 0 bridgehead atoms. The Hall–Kier alpha value is -1.79. The van der Waals surface area contributed by atoms with Crippen LogP contribution in [0.2, 0.25) is 0 Å². The molecule has 2 aliphatic heterocycles. The third kappa shape index (κ3) is 4.07. The molecule has 0 unspecified atom stereocenters. The molecule has 0 aliphatic carbocycles. The zero-order valence-corrected chi connectivity index (χ0v) is 15.1. The Morgan fingerprint density at radius 2 is 2.12 bits per heavy atom. The van der Waals surface area contributed by atoms with Crippen molar-refractivity contribution >= 4 is 5.91 Å². The molecule has 1 aromatic rings. The topological polar surface area (TPSA) is 62.2 Å². The second-order valence-corrected chi connectivity index (χ2v) is 6.98. The molecule has 2 heterocycles. The van der Waals surface area contributed by atoms with E-state index >= 15 is 0 Å². The lowest BCUT2D eigenvalue weighted by Crippen LogP contribution is -2.56. The summed E-state index contributed by atoms with van der Waals surface area (Å²) < 4.78 is 10.4. The number of phenols is 1. The van der Waals surface area contributed by atoms with Gasteiger partial charge in [0.1, 0.15) is 0 Å². The number of rotatable bonds is 6. The molecular weight excluding hydrogens is 320 g/mol. The van der Waals surface area contributed by atoms with Gasteiger partial charge in [0, 0.05) is 45.8 Å². The number of hydrogen-bond acceptors (Lipinski definition) is 5. The van der Waals surface area contributed by atoms with E-state index in [0.29, 0.717) is 37.3 Å². The van der Waals surface area contributed by atoms with E-state index in [2.05, 4.69) is 4.90 Å². The van der Waals surface area contributed by atoms with E-state index in [4.69, 9.17) is 9.47 Å². The van der Waals surface area contributed by atoms with Crippen molar-refractivity contribution in [2.45, 2.75) is 31.8 Å². The summed E-state index contributed by atoms with van der Waals surface area (Å²) in [5.74, 6) is 1.49. The molecule has 0 saturated carbocycles. The summed E-state index contributed by atoms with van der Waals surface area (Å²) in [7, 11) is 3.25. The van der Waals surface area contributed by atoms with Gasteiger partial charge in [0.2, 0.25) is 5.91 Å². The van der Waals surface area contributed by atoms with Gasteiger partial charge >= 0.3 is 0 Å². The van der Waals surface area contributed by atoms with Gasteiger partial charge in [0.05, 0.1) is 13.7 Å². The van der Waals surface area contributed by atoms with Crippen LogP contribution >= 0.6 is 0 Å². The number of piperidine rings is 2. The average Bonchev–Trinajstić information content (AvgIpc) is 2.62. The van der Waals surface area contributed by atoms with Crippen molar-refractivity contribution in [2.24, 2.45) is 5.92 Å². The molecule has 1 N–H and O–H groups in total. The number of aromatic hydroxyl groups is 1. The van der Waals surface area contributed by atoms with Gasteiger partial charge in [0.15, 0.2) is 11.5 Å². The highest BCUT2D eigenvalue weighted by Gasteiger charge is 2.38. The molecule has 6 nitrogen and oxygen atoms in total. The zero-order chi connectivity index (χ0) is 17.8. The lowest BCUT2D eigenvalue weighted by atomic mass is 9.83. The first-order valence-electron chi connectivity index (χ1n) is 8.99. The predicted molar refractivity (Wildman–Crippen MR) is 94.7 cm³/mol. The van der Waals surface area contributed by atoms with Crippen LogP contribution < -0.4 is 4.74 Å². The Morgan fingerprint density at radius 1 is 1.28 bits per heavy atom. The van der Waals surface area contributed by atoms with Crippen molar-refractivity contribution in [1.29, 1.82) is 0 Å². The van der Waals surface area contributed by atoms with Gasteiger partial charge in [-0.25, -0.2) is 0 Å². The first kappa shape index (κ1) is 18.0. The number of carbonyl (C=O) groups is 1. The summed E-state index contributed by atoms with van der Waals surface area (Å²) in [4.78, 5) is 16.7. The predicted octanol–water partition coefficient (Wildman–Crippen LogP) is 1.86. The molecule has 1 amide bonds. The standard InChI is InChI=1S/C19H28N2O4/c1-24-10-9-21-16-7-8-20(13-15(16)4-6-19(21)23)12-14-3-5-17(22)18(11-14)25-2/h3,5,11,15-16,22H,4,6-10,12-13H2,1-2H3/t15-,16+/m1/s1. The lowest BCUT2D eigenvalue weighted by molar-refractivity contribution is -0.142. The number of benzene rings is 1. The van der Waals surface area contributed by atoms with Crippen molar-refractivity contribution < 1.29 is 19.4 Å². The summed E-state index contributed by atoms with van der Waals surface area (Å²) in [5, 5.41) is 9.73. The molecule has 25 heavy (non-hydrogen) atoms. The van der Waals surface area contributed by atoms with E-state index in [1.807, 2.05) is 17.0 Å². The van der Waals surface area contributed by atoms with Crippen molar-refractivity contribution in [3.05, 3.63) is 23.8 Å². The number of likely N-dealkylation sites (tertiary alicyclic amines) is 2. The largest absolute Gasteiger partial charge is 0.504 e. The summed E-state index contributed by atoms with van der Waals surface area (Å²) in [6.45, 7) is 4.12. The van der Waals surface area contributed by atoms with E-state index in [0.717, 1.165) is 38.0 Å². The van der Waals surface area contributed by atoms with Gasteiger partial charge in [-0.2, -0.15) is 0 Å². The minimum atomic E-state index is 0.171. The van der Waals surface area contributed by atoms with Crippen LogP contribution in [0.5, 0.6) is 11.5 Å². The number of nitrogens with zero attached hydrogens (tertiary/aromatic N) is 2. The molecule has 2 fully saturated rings. The van der Waals surface area contributed by atoms with E-state index in [9.17, 15) is 9.90 Å². The SMILES string of the molecule is COCCN1C(=O)CC[C@@H]2CN(Cc3ccc(O)c(OC)c3)CC[C@@H]21. The van der Waals surface area contributed by atoms with Crippen LogP contribution in [0.3, 0.4) is 0 Å². The molecule has 2 aliphatic rings. The average molecular weight is 348 g/mol. The zero-order valence-electron chi connectivity index (χ0n) is 15.1. The Morgan fingerprint density at radius 3 is 2.88 bits per heavy atom. The van der Waals surface area contributed by atoms with E-state index in [-0.39, 0.29) is 11.7 Å². The normalized spacial score (nSPS) is 24.2. The molecule has 0 spiro atoms. The summed E-state index contributed by atoms with van der Waals surface area (Å²) in [6.07, 6.45) is 2.63. The molecule has 0 radical (unpaired) electrons. The van der Waals surface area contributed by atoms with Gasteiger partial charge in [0.25, 0.3) is 0 Å². The lowest BCUT2D eigenvalue weighted by Gasteiger charge is -2.47. The highest BCUT2D eigenvalue weighted by Crippen LogP contribution is 2.32. The van der Waals surface area contributed by atoms with Crippen molar-refractivity contribution in [2.75, 3.05) is 40.5 Å². The minimum Gasteiger partial charge on any atom is -0.504 e. The number of ether oxygens (including phenoxy) is 2. The first-order valence-corrected chi connectivity index (χ1v) is 8.99. The highest BCUT2D eigenvalue weighted by atomic mass is 16.5. The molecular formula is C19H28N2O4. The second kappa shape index (κ2) is 8.06. The number of methoxy groups -OCH3 is 2. The second-order valence-electron chi connectivity index (χ2n) is 6.98. The minimum absolute atomic E-state index is 0.171. The van der Waals surface area contributed by atoms with Crippen LogP contribution in [-0.4, -0.2) is 67.3 Å². The van der Waals surface area contributed by atoms with Crippen LogP contribution in [0.25, 0.3) is 0 Å². The maximum absolute atomic E-state index is 12.2. The maximum Gasteiger partial charge on any atom is 0.222 e. The Kier molecular flexibility index (Phi) is 5.81. The van der Waals surface area contributed by atoms with Gasteiger partial charge in [-0.1, -0.05) is 6.07 Å². The Labute approximate surface area is 149 Å². The van der Waals surface area contributed by atoms with Gasteiger partial charge < -0.3 is 19.5 Å². The van der Waals surface area contributed by atoms with Crippen LogP contribution in [0.1, 0.15) is 24.8 Å². The molecule has 0 aromatic heterocycles. The molecule has 1 aromatic carbocycles. The van der Waals surface area contributed by atoms with Crippen LogP contribution in [0.15, 0.2) is 18.2 Å². The van der Waals surface area contributed by atoms with Crippen LogP contribution in [-0.2, 0) is 16.1 Å². The van der Waals surface area contributed by atoms with Crippen LogP contribution in [0, 0.1) is 5.92 Å². The summed E-state index contributed by atoms with van der Waals surface area (Å²) >= 11 is 0. The third-order valence-electron chi connectivity index (χ3n) is 5.41.